The zero-order valence-corrected chi connectivity index (χ0v) is 14.8. The van der Waals surface area contributed by atoms with Gasteiger partial charge in [0.25, 0.3) is 5.91 Å². The minimum absolute atomic E-state index is 0.0978. The Morgan fingerprint density at radius 2 is 1.88 bits per heavy atom. The van der Waals surface area contributed by atoms with Crippen LogP contribution in [0.3, 0.4) is 0 Å². The number of nitrogens with one attached hydrogen (secondary N) is 1. The molecule has 3 nitrogen and oxygen atoms in total. The lowest BCUT2D eigenvalue weighted by Crippen LogP contribution is -2.30. The van der Waals surface area contributed by atoms with E-state index in [1.54, 1.807) is 13.0 Å². The Balaban J connectivity index is 1.76. The normalized spacial score (nSPS) is 12.0. The highest BCUT2D eigenvalue weighted by Crippen LogP contribution is 2.33. The van der Waals surface area contributed by atoms with Crippen LogP contribution in [0.25, 0.3) is 10.8 Å². The highest BCUT2D eigenvalue weighted by Gasteiger charge is 2.18. The minimum atomic E-state index is -0.873. The van der Waals surface area contributed by atoms with E-state index in [-0.39, 0.29) is 5.69 Å². The molecule has 1 unspecified atom stereocenters. The molecule has 0 bridgehead atoms. The summed E-state index contributed by atoms with van der Waals surface area (Å²) < 4.78 is 33.0. The fourth-order valence-electron chi connectivity index (χ4n) is 2.37. The molecule has 0 heterocycles. The Hall–Kier alpha value is -2.47. The highest BCUT2D eigenvalue weighted by molar-refractivity contribution is 9.10. The predicted octanol–water partition coefficient (Wildman–Crippen LogP) is 5.29. The number of ether oxygens (including phenoxy) is 1. The SMILES string of the molecule is CC(Oc1ccc2ccccc2c1Br)C(=O)Nc1ccc(F)cc1F. The average Bonchev–Trinajstić information content (AvgIpc) is 2.60. The zero-order chi connectivity index (χ0) is 18.0. The summed E-state index contributed by atoms with van der Waals surface area (Å²) in [4.78, 5) is 12.2. The van der Waals surface area contributed by atoms with Gasteiger partial charge in [-0.2, -0.15) is 0 Å². The number of anilines is 1. The average molecular weight is 406 g/mol. The number of hydrogen-bond acceptors (Lipinski definition) is 2. The first-order chi connectivity index (χ1) is 12.0. The molecule has 0 aromatic heterocycles. The van der Waals surface area contributed by atoms with Crippen molar-refractivity contribution in [3.05, 3.63) is 70.7 Å². The highest BCUT2D eigenvalue weighted by atomic mass is 79.9. The maximum Gasteiger partial charge on any atom is 0.265 e. The summed E-state index contributed by atoms with van der Waals surface area (Å²) in [6.45, 7) is 1.55. The molecule has 0 saturated carbocycles. The number of rotatable bonds is 4. The maximum atomic E-state index is 13.6. The van der Waals surface area contributed by atoms with Gasteiger partial charge in [0, 0.05) is 6.07 Å². The predicted molar refractivity (Wildman–Crippen MR) is 96.7 cm³/mol. The molecule has 0 aliphatic rings. The molecule has 6 heteroatoms. The van der Waals surface area contributed by atoms with Crippen LogP contribution >= 0.6 is 15.9 Å². The van der Waals surface area contributed by atoms with Gasteiger partial charge < -0.3 is 10.1 Å². The number of carbonyl (C=O) groups is 1. The van der Waals surface area contributed by atoms with Crippen LogP contribution in [0.1, 0.15) is 6.92 Å². The van der Waals surface area contributed by atoms with E-state index in [9.17, 15) is 13.6 Å². The van der Waals surface area contributed by atoms with Crippen LogP contribution < -0.4 is 10.1 Å². The van der Waals surface area contributed by atoms with Crippen molar-refractivity contribution in [1.82, 2.24) is 0 Å². The molecule has 3 aromatic carbocycles. The van der Waals surface area contributed by atoms with Gasteiger partial charge in [-0.25, -0.2) is 8.78 Å². The molecule has 25 heavy (non-hydrogen) atoms. The Morgan fingerprint density at radius 3 is 2.64 bits per heavy atom. The van der Waals surface area contributed by atoms with Gasteiger partial charge in [-0.1, -0.05) is 30.3 Å². The first-order valence-corrected chi connectivity index (χ1v) is 8.35. The number of hydrogen-bond donors (Lipinski definition) is 1. The van der Waals surface area contributed by atoms with Gasteiger partial charge >= 0.3 is 0 Å². The summed E-state index contributed by atoms with van der Waals surface area (Å²) in [5.74, 6) is -1.58. The van der Waals surface area contributed by atoms with Crippen LogP contribution in [0.5, 0.6) is 5.75 Å². The van der Waals surface area contributed by atoms with Gasteiger partial charge in [-0.05, 0) is 51.8 Å². The third-order valence-electron chi connectivity index (χ3n) is 3.69. The standard InChI is InChI=1S/C19H14BrF2NO2/c1-11(19(24)23-16-8-7-13(21)10-15(16)22)25-17-9-6-12-4-2-3-5-14(12)18(17)20/h2-11H,1H3,(H,23,24). The molecule has 0 fully saturated rings. The number of amides is 1. The van der Waals surface area contributed by atoms with Crippen molar-refractivity contribution in [3.63, 3.8) is 0 Å². The summed E-state index contributed by atoms with van der Waals surface area (Å²) in [6.07, 6.45) is -0.873. The fraction of sp³-hybridized carbons (Fsp3) is 0.105. The summed E-state index contributed by atoms with van der Waals surface area (Å²) in [5, 5.41) is 4.38. The van der Waals surface area contributed by atoms with E-state index >= 15 is 0 Å². The Labute approximate surface area is 151 Å². The van der Waals surface area contributed by atoms with Gasteiger partial charge in [0.15, 0.2) is 6.10 Å². The molecule has 1 amide bonds. The zero-order valence-electron chi connectivity index (χ0n) is 13.2. The molecular weight excluding hydrogens is 392 g/mol. The van der Waals surface area contributed by atoms with Gasteiger partial charge in [-0.3, -0.25) is 4.79 Å². The van der Waals surface area contributed by atoms with Crippen molar-refractivity contribution in [1.29, 1.82) is 0 Å². The van der Waals surface area contributed by atoms with Crippen molar-refractivity contribution in [2.45, 2.75) is 13.0 Å². The number of carbonyl (C=O) groups excluding carboxylic acids is 1. The van der Waals surface area contributed by atoms with Crippen molar-refractivity contribution in [2.75, 3.05) is 5.32 Å². The van der Waals surface area contributed by atoms with E-state index in [0.717, 1.165) is 21.3 Å². The van der Waals surface area contributed by atoms with Crippen LogP contribution in [0.4, 0.5) is 14.5 Å². The fourth-order valence-corrected chi connectivity index (χ4v) is 2.96. The Morgan fingerprint density at radius 1 is 1.12 bits per heavy atom. The molecule has 0 aliphatic heterocycles. The van der Waals surface area contributed by atoms with Crippen LogP contribution in [0.15, 0.2) is 59.1 Å². The first kappa shape index (κ1) is 17.4. The van der Waals surface area contributed by atoms with E-state index in [4.69, 9.17) is 4.74 Å². The monoisotopic (exact) mass is 405 g/mol. The Bertz CT molecular complexity index is 946. The lowest BCUT2D eigenvalue weighted by Gasteiger charge is -2.17. The molecule has 1 atom stereocenters. The molecule has 3 rings (SSSR count). The van der Waals surface area contributed by atoms with Gasteiger partial charge in [-0.15, -0.1) is 0 Å². The van der Waals surface area contributed by atoms with Crippen LogP contribution in [0, 0.1) is 11.6 Å². The van der Waals surface area contributed by atoms with Gasteiger partial charge in [0.05, 0.1) is 10.2 Å². The largest absolute Gasteiger partial charge is 0.480 e. The van der Waals surface area contributed by atoms with Crippen LogP contribution in [-0.2, 0) is 4.79 Å². The quantitative estimate of drug-likeness (QED) is 0.640. The van der Waals surface area contributed by atoms with Crippen molar-refractivity contribution in [3.8, 4) is 5.75 Å². The van der Waals surface area contributed by atoms with E-state index < -0.39 is 23.6 Å². The molecule has 0 aliphatic carbocycles. The number of fused-ring (bicyclic) bond motifs is 1. The molecule has 0 spiro atoms. The van der Waals surface area contributed by atoms with Crippen LogP contribution in [-0.4, -0.2) is 12.0 Å². The molecule has 128 valence electrons. The van der Waals surface area contributed by atoms with E-state index in [1.807, 2.05) is 30.3 Å². The van der Waals surface area contributed by atoms with E-state index in [2.05, 4.69) is 21.2 Å². The first-order valence-electron chi connectivity index (χ1n) is 7.55. The second-order valence-electron chi connectivity index (χ2n) is 5.47. The summed E-state index contributed by atoms with van der Waals surface area (Å²) in [7, 11) is 0. The molecule has 0 radical (unpaired) electrons. The summed E-state index contributed by atoms with van der Waals surface area (Å²) in [5.41, 5.74) is -0.0978. The lowest BCUT2D eigenvalue weighted by molar-refractivity contribution is -0.122. The third kappa shape index (κ3) is 3.79. The van der Waals surface area contributed by atoms with Crippen molar-refractivity contribution in [2.24, 2.45) is 0 Å². The maximum absolute atomic E-state index is 13.6. The smallest absolute Gasteiger partial charge is 0.265 e. The Kier molecular flexibility index (Phi) is 4.99. The van der Waals surface area contributed by atoms with Crippen LogP contribution in [0.2, 0.25) is 0 Å². The summed E-state index contributed by atoms with van der Waals surface area (Å²) >= 11 is 3.49. The molecular formula is C19H14BrF2NO2. The second-order valence-corrected chi connectivity index (χ2v) is 6.27. The molecule has 3 aromatic rings. The number of halogens is 3. The topological polar surface area (TPSA) is 38.3 Å². The van der Waals surface area contributed by atoms with Gasteiger partial charge in [0.1, 0.15) is 17.4 Å². The third-order valence-corrected chi connectivity index (χ3v) is 4.51. The summed E-state index contributed by atoms with van der Waals surface area (Å²) in [6, 6.07) is 14.3. The molecule has 1 N–H and O–H groups in total. The van der Waals surface area contributed by atoms with E-state index in [0.29, 0.717) is 11.8 Å². The second kappa shape index (κ2) is 7.19. The lowest BCUT2D eigenvalue weighted by atomic mass is 10.1. The van der Waals surface area contributed by atoms with E-state index in [1.165, 1.54) is 6.07 Å². The molecule has 0 saturated heterocycles. The number of benzene rings is 3. The van der Waals surface area contributed by atoms with Crippen molar-refractivity contribution < 1.29 is 18.3 Å². The van der Waals surface area contributed by atoms with Gasteiger partial charge in [0.2, 0.25) is 0 Å². The van der Waals surface area contributed by atoms with Crippen molar-refractivity contribution >= 4 is 38.3 Å². The minimum Gasteiger partial charge on any atom is -0.480 e.